The number of aromatic nitrogens is 2. The van der Waals surface area contributed by atoms with Gasteiger partial charge in [0.25, 0.3) is 21.6 Å². The highest BCUT2D eigenvalue weighted by Crippen LogP contribution is 2.24. The van der Waals surface area contributed by atoms with E-state index in [-0.39, 0.29) is 16.1 Å². The minimum absolute atomic E-state index is 0.0400. The zero-order valence-corrected chi connectivity index (χ0v) is 19.9. The highest BCUT2D eigenvalue weighted by molar-refractivity contribution is 7.90. The average Bonchev–Trinajstić information content (AvgIpc) is 2.85. The van der Waals surface area contributed by atoms with Crippen molar-refractivity contribution >= 4 is 27.6 Å². The second kappa shape index (κ2) is 10.2. The molecule has 11 heteroatoms. The van der Waals surface area contributed by atoms with Crippen LogP contribution in [0.3, 0.4) is 0 Å². The second-order valence-electron chi connectivity index (χ2n) is 8.47. The van der Waals surface area contributed by atoms with Crippen LogP contribution in [0.15, 0.2) is 65.7 Å². The Morgan fingerprint density at radius 1 is 1.11 bits per heavy atom. The molecule has 10 nitrogen and oxygen atoms in total. The molecule has 2 aromatic carbocycles. The molecule has 1 aliphatic rings. The topological polar surface area (TPSA) is 135 Å². The number of nitro benzene ring substituents is 1. The van der Waals surface area contributed by atoms with Crippen LogP contribution in [0.25, 0.3) is 0 Å². The summed E-state index contributed by atoms with van der Waals surface area (Å²) in [7, 11) is -4.22. The Morgan fingerprint density at radius 2 is 1.77 bits per heavy atom. The number of nitrogens with zero attached hydrogens (tertiary/aromatic N) is 4. The van der Waals surface area contributed by atoms with Gasteiger partial charge in [0.2, 0.25) is 5.95 Å². The molecule has 0 unspecified atom stereocenters. The van der Waals surface area contributed by atoms with E-state index in [1.54, 1.807) is 6.92 Å². The number of sulfonamides is 1. The van der Waals surface area contributed by atoms with Crippen LogP contribution in [0.1, 0.15) is 34.5 Å². The zero-order valence-electron chi connectivity index (χ0n) is 19.1. The van der Waals surface area contributed by atoms with E-state index in [4.69, 9.17) is 0 Å². The minimum atomic E-state index is -4.22. The number of piperidine rings is 1. The Bertz CT molecular complexity index is 1320. The summed E-state index contributed by atoms with van der Waals surface area (Å²) in [5.41, 5.74) is 1.48. The number of nitrogens with one attached hydrogen (secondary N) is 1. The molecule has 0 radical (unpaired) electrons. The lowest BCUT2D eigenvalue weighted by Gasteiger charge is -2.32. The van der Waals surface area contributed by atoms with Crippen molar-refractivity contribution in [3.63, 3.8) is 0 Å². The Hall–Kier alpha value is -3.86. The first-order chi connectivity index (χ1) is 16.7. The van der Waals surface area contributed by atoms with E-state index < -0.39 is 20.9 Å². The number of carbonyl (C=O) groups excluding carboxylic acids is 1. The van der Waals surface area contributed by atoms with E-state index in [0.29, 0.717) is 17.6 Å². The molecule has 1 amide bonds. The first kappa shape index (κ1) is 24.3. The molecule has 1 N–H and O–H groups in total. The highest BCUT2D eigenvalue weighted by atomic mass is 32.2. The van der Waals surface area contributed by atoms with Crippen LogP contribution in [0.2, 0.25) is 0 Å². The summed E-state index contributed by atoms with van der Waals surface area (Å²) in [6, 6.07) is 14.7. The van der Waals surface area contributed by atoms with E-state index in [1.165, 1.54) is 11.8 Å². The van der Waals surface area contributed by atoms with Gasteiger partial charge in [0.15, 0.2) is 0 Å². The van der Waals surface area contributed by atoms with Crippen molar-refractivity contribution in [3.8, 4) is 0 Å². The number of non-ortho nitro benzene ring substituents is 1. The van der Waals surface area contributed by atoms with Crippen LogP contribution in [-0.4, -0.2) is 42.3 Å². The largest absolute Gasteiger partial charge is 0.341 e. The van der Waals surface area contributed by atoms with Gasteiger partial charge in [0.05, 0.1) is 21.1 Å². The van der Waals surface area contributed by atoms with Crippen molar-refractivity contribution in [2.24, 2.45) is 5.92 Å². The van der Waals surface area contributed by atoms with Gasteiger partial charge in [0.1, 0.15) is 0 Å². The quantitative estimate of drug-likeness (QED) is 0.390. The maximum Gasteiger partial charge on any atom is 0.269 e. The molecule has 0 bridgehead atoms. The first-order valence-electron chi connectivity index (χ1n) is 11.2. The van der Waals surface area contributed by atoms with Crippen molar-refractivity contribution in [1.82, 2.24) is 14.7 Å². The van der Waals surface area contributed by atoms with Crippen LogP contribution in [0.4, 0.5) is 11.6 Å². The predicted octanol–water partition coefficient (Wildman–Crippen LogP) is 3.27. The Balaban J connectivity index is 1.39. The third-order valence-electron chi connectivity index (χ3n) is 6.06. The summed E-state index contributed by atoms with van der Waals surface area (Å²) in [4.78, 5) is 33.3. The van der Waals surface area contributed by atoms with E-state index in [1.807, 2.05) is 10.8 Å². The molecule has 1 saturated heterocycles. The van der Waals surface area contributed by atoms with Gasteiger partial charge in [-0.3, -0.25) is 14.9 Å². The number of hydrogen-bond acceptors (Lipinski definition) is 8. The van der Waals surface area contributed by atoms with Crippen LogP contribution in [-0.2, 0) is 16.4 Å². The molecular formula is C24H25N5O5S. The molecule has 1 fully saturated rings. The fraction of sp³-hybridized carbons (Fsp3) is 0.292. The van der Waals surface area contributed by atoms with Crippen molar-refractivity contribution < 1.29 is 18.1 Å². The molecule has 1 aromatic heterocycles. The smallest absolute Gasteiger partial charge is 0.269 e. The number of anilines is 1. The van der Waals surface area contributed by atoms with Crippen molar-refractivity contribution in [3.05, 3.63) is 87.7 Å². The lowest BCUT2D eigenvalue weighted by atomic mass is 9.90. The Kier molecular flexibility index (Phi) is 7.06. The van der Waals surface area contributed by atoms with Gasteiger partial charge in [-0.1, -0.05) is 30.3 Å². The van der Waals surface area contributed by atoms with Crippen molar-refractivity contribution in [2.45, 2.75) is 31.1 Å². The van der Waals surface area contributed by atoms with Gasteiger partial charge in [0, 0.05) is 31.4 Å². The van der Waals surface area contributed by atoms with Crippen LogP contribution >= 0.6 is 0 Å². The molecule has 1 aliphatic heterocycles. The van der Waals surface area contributed by atoms with E-state index >= 15 is 0 Å². The van der Waals surface area contributed by atoms with Gasteiger partial charge in [-0.15, -0.1) is 0 Å². The molecule has 4 rings (SSSR count). The monoisotopic (exact) mass is 495 g/mol. The molecule has 0 atom stereocenters. The van der Waals surface area contributed by atoms with Gasteiger partial charge in [-0.25, -0.2) is 23.1 Å². The molecular weight excluding hydrogens is 470 g/mol. The SMILES string of the molecule is Cc1nc(N2CCC(Cc3ccccc3)CC2)ncc1C(=O)NS(=O)(=O)c1ccc([N+](=O)[O-])cc1. The summed E-state index contributed by atoms with van der Waals surface area (Å²) in [5.74, 6) is 0.230. The van der Waals surface area contributed by atoms with Gasteiger partial charge in [-0.2, -0.15) is 0 Å². The maximum atomic E-state index is 12.6. The molecule has 2 heterocycles. The molecule has 0 spiro atoms. The van der Waals surface area contributed by atoms with Gasteiger partial charge >= 0.3 is 0 Å². The van der Waals surface area contributed by atoms with Crippen LogP contribution < -0.4 is 9.62 Å². The van der Waals surface area contributed by atoms with E-state index in [0.717, 1.165) is 56.6 Å². The number of aryl methyl sites for hydroxylation is 1. The Labute approximate surface area is 203 Å². The normalized spacial score (nSPS) is 14.5. The molecule has 0 aliphatic carbocycles. The average molecular weight is 496 g/mol. The maximum absolute atomic E-state index is 12.6. The summed E-state index contributed by atoms with van der Waals surface area (Å²) in [5, 5.41) is 10.8. The second-order valence-corrected chi connectivity index (χ2v) is 10.2. The standard InChI is InChI=1S/C24H25N5O5S/c1-17-22(23(30)27-35(33,34)21-9-7-20(8-10-21)29(31)32)16-25-24(26-17)28-13-11-19(12-14-28)15-18-5-3-2-4-6-18/h2-10,16,19H,11-15H2,1H3,(H,27,30). The number of carbonyl (C=O) groups is 1. The highest BCUT2D eigenvalue weighted by Gasteiger charge is 2.24. The van der Waals surface area contributed by atoms with Crippen molar-refractivity contribution in [2.75, 3.05) is 18.0 Å². The molecule has 0 saturated carbocycles. The number of rotatable bonds is 7. The van der Waals surface area contributed by atoms with Crippen LogP contribution in [0.5, 0.6) is 0 Å². The summed E-state index contributed by atoms with van der Waals surface area (Å²) in [6.07, 6.45) is 4.38. The number of benzene rings is 2. The van der Waals surface area contributed by atoms with Crippen LogP contribution in [0, 0.1) is 23.0 Å². The van der Waals surface area contributed by atoms with E-state index in [9.17, 15) is 23.3 Å². The van der Waals surface area contributed by atoms with Crippen molar-refractivity contribution in [1.29, 1.82) is 0 Å². The number of nitro groups is 1. The summed E-state index contributed by atoms with van der Waals surface area (Å²) in [6.45, 7) is 3.23. The number of amides is 1. The van der Waals surface area contributed by atoms with Gasteiger partial charge in [-0.05, 0) is 49.8 Å². The molecule has 3 aromatic rings. The third-order valence-corrected chi connectivity index (χ3v) is 7.41. The Morgan fingerprint density at radius 3 is 2.37 bits per heavy atom. The third kappa shape index (κ3) is 5.80. The molecule has 35 heavy (non-hydrogen) atoms. The predicted molar refractivity (Wildman–Crippen MR) is 130 cm³/mol. The number of hydrogen-bond donors (Lipinski definition) is 1. The molecule has 182 valence electrons. The van der Waals surface area contributed by atoms with Gasteiger partial charge < -0.3 is 4.90 Å². The van der Waals surface area contributed by atoms with E-state index in [2.05, 4.69) is 39.1 Å². The lowest BCUT2D eigenvalue weighted by Crippen LogP contribution is -2.36. The summed E-state index contributed by atoms with van der Waals surface area (Å²) >= 11 is 0. The zero-order chi connectivity index (χ0) is 25.0. The fourth-order valence-corrected chi connectivity index (χ4v) is 5.06. The fourth-order valence-electron chi connectivity index (χ4n) is 4.10. The summed E-state index contributed by atoms with van der Waals surface area (Å²) < 4.78 is 27.0. The minimum Gasteiger partial charge on any atom is -0.341 e. The first-order valence-corrected chi connectivity index (χ1v) is 12.7. The lowest BCUT2D eigenvalue weighted by molar-refractivity contribution is -0.384.